The summed E-state index contributed by atoms with van der Waals surface area (Å²) in [6.45, 7) is 2.09. The predicted octanol–water partition coefficient (Wildman–Crippen LogP) is 1.71. The van der Waals surface area contributed by atoms with Crippen LogP contribution in [0.25, 0.3) is 0 Å². The van der Waals surface area contributed by atoms with E-state index in [4.69, 9.17) is 5.73 Å². The van der Waals surface area contributed by atoms with Crippen molar-refractivity contribution in [3.05, 3.63) is 24.0 Å². The maximum atomic E-state index is 13.9. The van der Waals surface area contributed by atoms with E-state index in [-0.39, 0.29) is 18.1 Å². The summed E-state index contributed by atoms with van der Waals surface area (Å²) in [5.41, 5.74) is 6.37. The number of anilines is 2. The van der Waals surface area contributed by atoms with Gasteiger partial charge in [0.15, 0.2) is 0 Å². The van der Waals surface area contributed by atoms with Crippen molar-refractivity contribution < 1.29 is 9.18 Å². The molecule has 3 N–H and O–H groups in total. The van der Waals surface area contributed by atoms with Crippen LogP contribution in [0.3, 0.4) is 0 Å². The molecule has 2 rings (SSSR count). The van der Waals surface area contributed by atoms with Gasteiger partial charge in [-0.05, 0) is 31.0 Å². The summed E-state index contributed by atoms with van der Waals surface area (Å²) in [5.74, 6) is -0.478. The van der Waals surface area contributed by atoms with Crippen LogP contribution in [0.2, 0.25) is 0 Å². The van der Waals surface area contributed by atoms with E-state index in [1.165, 1.54) is 6.07 Å². The molecule has 1 aromatic rings. The van der Waals surface area contributed by atoms with Crippen molar-refractivity contribution in [2.75, 3.05) is 29.9 Å². The molecule has 0 radical (unpaired) electrons. The lowest BCUT2D eigenvalue weighted by molar-refractivity contribution is -0.116. The molecule has 0 unspecified atom stereocenters. The molecule has 1 amide bonds. The van der Waals surface area contributed by atoms with Crippen LogP contribution >= 0.6 is 0 Å². The van der Waals surface area contributed by atoms with Gasteiger partial charge in [-0.25, -0.2) is 4.39 Å². The minimum Gasteiger partial charge on any atom is -0.369 e. The van der Waals surface area contributed by atoms with Gasteiger partial charge in [0.2, 0.25) is 5.91 Å². The zero-order valence-electron chi connectivity index (χ0n) is 10.3. The molecule has 0 saturated carbocycles. The molecule has 98 valence electrons. The molecule has 0 aromatic heterocycles. The van der Waals surface area contributed by atoms with E-state index in [1.807, 2.05) is 4.90 Å². The van der Waals surface area contributed by atoms with Crippen molar-refractivity contribution in [2.24, 2.45) is 5.73 Å². The highest BCUT2D eigenvalue weighted by molar-refractivity contribution is 5.91. The minimum absolute atomic E-state index is 0.189. The van der Waals surface area contributed by atoms with Crippen molar-refractivity contribution in [2.45, 2.75) is 19.3 Å². The van der Waals surface area contributed by atoms with Crippen LogP contribution in [0.1, 0.15) is 19.3 Å². The maximum absolute atomic E-state index is 13.9. The Bertz CT molecular complexity index is 430. The fourth-order valence-corrected chi connectivity index (χ4v) is 2.15. The molecule has 1 saturated heterocycles. The number of benzene rings is 1. The van der Waals surface area contributed by atoms with Crippen LogP contribution in [0.15, 0.2) is 18.2 Å². The Balaban J connectivity index is 2.07. The molecule has 4 nitrogen and oxygen atoms in total. The number of hydrogen-bond donors (Lipinski definition) is 2. The summed E-state index contributed by atoms with van der Waals surface area (Å²) >= 11 is 0. The highest BCUT2D eigenvalue weighted by Gasteiger charge is 2.16. The monoisotopic (exact) mass is 251 g/mol. The molecule has 1 fully saturated rings. The Morgan fingerprint density at radius 2 is 2.11 bits per heavy atom. The van der Waals surface area contributed by atoms with Gasteiger partial charge >= 0.3 is 0 Å². The predicted molar refractivity (Wildman–Crippen MR) is 70.1 cm³/mol. The Kier molecular flexibility index (Phi) is 4.15. The largest absolute Gasteiger partial charge is 0.369 e. The van der Waals surface area contributed by atoms with E-state index in [2.05, 4.69) is 5.32 Å². The van der Waals surface area contributed by atoms with Crippen molar-refractivity contribution in [1.29, 1.82) is 0 Å². The lowest BCUT2D eigenvalue weighted by atomic mass is 10.2. The number of carbonyl (C=O) groups excluding carboxylic acids is 1. The number of nitrogens with two attached hydrogens (primary N) is 1. The standard InChI is InChI=1S/C13H18FN3O/c14-11-9-10(16-13(18)5-6-15)3-4-12(11)17-7-1-2-8-17/h3-4,9H,1-2,5-8,15H2,(H,16,18). The molecule has 1 aliphatic heterocycles. The third kappa shape index (κ3) is 2.98. The number of hydrogen-bond acceptors (Lipinski definition) is 3. The third-order valence-corrected chi connectivity index (χ3v) is 3.05. The number of carbonyl (C=O) groups is 1. The van der Waals surface area contributed by atoms with Gasteiger partial charge in [-0.15, -0.1) is 0 Å². The second kappa shape index (κ2) is 5.82. The Morgan fingerprint density at radius 1 is 1.39 bits per heavy atom. The number of halogens is 1. The van der Waals surface area contributed by atoms with Crippen LogP contribution in [-0.2, 0) is 4.79 Å². The molecule has 1 aliphatic rings. The van der Waals surface area contributed by atoms with Gasteiger partial charge in [0, 0.05) is 31.7 Å². The highest BCUT2D eigenvalue weighted by atomic mass is 19.1. The fourth-order valence-electron chi connectivity index (χ4n) is 2.15. The molecule has 0 aliphatic carbocycles. The molecule has 1 heterocycles. The van der Waals surface area contributed by atoms with E-state index in [1.54, 1.807) is 12.1 Å². The van der Waals surface area contributed by atoms with Gasteiger partial charge < -0.3 is 16.0 Å². The van der Waals surface area contributed by atoms with Crippen molar-refractivity contribution in [1.82, 2.24) is 0 Å². The van der Waals surface area contributed by atoms with Crippen LogP contribution in [-0.4, -0.2) is 25.5 Å². The zero-order valence-corrected chi connectivity index (χ0v) is 10.3. The summed E-state index contributed by atoms with van der Waals surface area (Å²) < 4.78 is 13.9. The highest BCUT2D eigenvalue weighted by Crippen LogP contribution is 2.25. The topological polar surface area (TPSA) is 58.4 Å². The van der Waals surface area contributed by atoms with Gasteiger partial charge in [0.05, 0.1) is 5.69 Å². The summed E-state index contributed by atoms with van der Waals surface area (Å²) in [6, 6.07) is 4.81. The lowest BCUT2D eigenvalue weighted by Crippen LogP contribution is -2.19. The normalized spacial score (nSPS) is 14.9. The molecule has 5 heteroatoms. The molecule has 0 atom stereocenters. The number of rotatable bonds is 4. The third-order valence-electron chi connectivity index (χ3n) is 3.05. The van der Waals surface area contributed by atoms with Crippen LogP contribution in [0.4, 0.5) is 15.8 Å². The van der Waals surface area contributed by atoms with E-state index >= 15 is 0 Å². The molecule has 18 heavy (non-hydrogen) atoms. The van der Waals surface area contributed by atoms with Gasteiger partial charge in [-0.1, -0.05) is 0 Å². The smallest absolute Gasteiger partial charge is 0.225 e. The van der Waals surface area contributed by atoms with Gasteiger partial charge in [0.25, 0.3) is 0 Å². The SMILES string of the molecule is NCCC(=O)Nc1ccc(N2CCCC2)c(F)c1. The summed E-state index contributed by atoms with van der Waals surface area (Å²) in [5, 5.41) is 2.62. The van der Waals surface area contributed by atoms with E-state index in [0.29, 0.717) is 17.9 Å². The number of nitrogens with zero attached hydrogens (tertiary/aromatic N) is 1. The molecular formula is C13H18FN3O. The number of nitrogens with one attached hydrogen (secondary N) is 1. The minimum atomic E-state index is -0.289. The Labute approximate surface area is 106 Å². The second-order valence-corrected chi connectivity index (χ2v) is 4.45. The van der Waals surface area contributed by atoms with E-state index in [9.17, 15) is 9.18 Å². The second-order valence-electron chi connectivity index (χ2n) is 4.45. The van der Waals surface area contributed by atoms with Crippen molar-refractivity contribution >= 4 is 17.3 Å². The fraction of sp³-hybridized carbons (Fsp3) is 0.462. The van der Waals surface area contributed by atoms with E-state index in [0.717, 1.165) is 25.9 Å². The van der Waals surface area contributed by atoms with Crippen molar-refractivity contribution in [3.63, 3.8) is 0 Å². The first-order valence-electron chi connectivity index (χ1n) is 6.25. The van der Waals surface area contributed by atoms with Crippen LogP contribution in [0.5, 0.6) is 0 Å². The average Bonchev–Trinajstić information content (AvgIpc) is 2.82. The first-order valence-corrected chi connectivity index (χ1v) is 6.25. The summed E-state index contributed by atoms with van der Waals surface area (Å²) in [7, 11) is 0. The van der Waals surface area contributed by atoms with E-state index < -0.39 is 0 Å². The first-order chi connectivity index (χ1) is 8.70. The van der Waals surface area contributed by atoms with Crippen LogP contribution < -0.4 is 16.0 Å². The van der Waals surface area contributed by atoms with Crippen molar-refractivity contribution in [3.8, 4) is 0 Å². The zero-order chi connectivity index (χ0) is 13.0. The molecule has 0 spiro atoms. The maximum Gasteiger partial charge on any atom is 0.225 e. The Morgan fingerprint density at radius 3 is 2.72 bits per heavy atom. The first kappa shape index (κ1) is 12.8. The lowest BCUT2D eigenvalue weighted by Gasteiger charge is -2.18. The average molecular weight is 251 g/mol. The molecule has 0 bridgehead atoms. The van der Waals surface area contributed by atoms with Gasteiger partial charge in [-0.3, -0.25) is 4.79 Å². The van der Waals surface area contributed by atoms with Gasteiger partial charge in [-0.2, -0.15) is 0 Å². The number of amides is 1. The van der Waals surface area contributed by atoms with Gasteiger partial charge in [0.1, 0.15) is 5.82 Å². The van der Waals surface area contributed by atoms with Crippen LogP contribution in [0, 0.1) is 5.82 Å². The quantitative estimate of drug-likeness (QED) is 0.856. The summed E-state index contributed by atoms with van der Waals surface area (Å²) in [6.07, 6.45) is 2.46. The Hall–Kier alpha value is -1.62. The molecule has 1 aromatic carbocycles. The molecular weight excluding hydrogens is 233 g/mol. The summed E-state index contributed by atoms with van der Waals surface area (Å²) in [4.78, 5) is 13.4.